The van der Waals surface area contributed by atoms with Crippen LogP contribution in [-0.2, 0) is 4.74 Å². The van der Waals surface area contributed by atoms with E-state index >= 15 is 0 Å². The van der Waals surface area contributed by atoms with Crippen molar-refractivity contribution >= 4 is 25.4 Å². The van der Waals surface area contributed by atoms with Crippen LogP contribution in [0.1, 0.15) is 11.1 Å². The van der Waals surface area contributed by atoms with Crippen molar-refractivity contribution in [2.75, 3.05) is 21.0 Å². The molecular formula is C17H20NO2P. The fraction of sp³-hybridized carbons (Fsp3) is 0.235. The summed E-state index contributed by atoms with van der Waals surface area (Å²) in [6.45, 7) is 2.32. The van der Waals surface area contributed by atoms with E-state index in [1.165, 1.54) is 10.6 Å². The first-order chi connectivity index (χ1) is 10.3. The average Bonchev–Trinajstić information content (AvgIpc) is 2.49. The molecule has 2 aromatic carbocycles. The Labute approximate surface area is 127 Å². The smallest absolute Gasteiger partial charge is 0.188 e. The molecule has 1 atom stereocenters. The number of hydrogen-bond donors (Lipinski definition) is 0. The van der Waals surface area contributed by atoms with Crippen LogP contribution >= 0.6 is 8.58 Å². The maximum absolute atomic E-state index is 5.74. The van der Waals surface area contributed by atoms with Crippen LogP contribution < -0.4 is 15.3 Å². The van der Waals surface area contributed by atoms with Gasteiger partial charge >= 0.3 is 0 Å². The van der Waals surface area contributed by atoms with Gasteiger partial charge in [0, 0.05) is 25.7 Å². The van der Waals surface area contributed by atoms with Crippen molar-refractivity contribution in [1.82, 2.24) is 0 Å². The van der Waals surface area contributed by atoms with Crippen LogP contribution in [0, 0.1) is 6.92 Å². The van der Waals surface area contributed by atoms with Crippen molar-refractivity contribution < 1.29 is 9.47 Å². The first-order valence-electron chi connectivity index (χ1n) is 6.76. The summed E-state index contributed by atoms with van der Waals surface area (Å²) >= 11 is 0. The Bertz CT molecular complexity index is 626. The highest BCUT2D eigenvalue weighted by Crippen LogP contribution is 2.24. The van der Waals surface area contributed by atoms with Crippen LogP contribution in [0.15, 0.2) is 47.5 Å². The summed E-state index contributed by atoms with van der Waals surface area (Å²) in [7, 11) is 3.94. The summed E-state index contributed by atoms with van der Waals surface area (Å²) in [6, 6.07) is 14.5. The van der Waals surface area contributed by atoms with Gasteiger partial charge in [-0.1, -0.05) is 51.0 Å². The van der Waals surface area contributed by atoms with Gasteiger partial charge in [0.2, 0.25) is 0 Å². The summed E-state index contributed by atoms with van der Waals surface area (Å²) in [4.78, 5) is 4.13. The number of ether oxygens (including phenoxy) is 2. The molecule has 0 bridgehead atoms. The molecule has 0 spiro atoms. The molecule has 4 heteroatoms. The molecule has 1 unspecified atom stereocenters. The highest BCUT2D eigenvalue weighted by Gasteiger charge is 2.09. The van der Waals surface area contributed by atoms with E-state index in [1.54, 1.807) is 14.2 Å². The average molecular weight is 301 g/mol. The number of rotatable bonds is 6. The van der Waals surface area contributed by atoms with Gasteiger partial charge in [0.15, 0.2) is 6.79 Å². The maximum Gasteiger partial charge on any atom is 0.188 e. The highest BCUT2D eigenvalue weighted by atomic mass is 31.1. The van der Waals surface area contributed by atoms with Crippen LogP contribution in [-0.4, -0.2) is 27.2 Å². The zero-order chi connectivity index (χ0) is 15.1. The Balaban J connectivity index is 2.33. The van der Waals surface area contributed by atoms with Crippen LogP contribution in [0.25, 0.3) is 0 Å². The second-order valence-corrected chi connectivity index (χ2v) is 5.93. The molecule has 0 amide bonds. The molecule has 0 fully saturated rings. The fourth-order valence-electron chi connectivity index (χ4n) is 2.07. The van der Waals surface area contributed by atoms with Crippen molar-refractivity contribution in [3.63, 3.8) is 0 Å². The van der Waals surface area contributed by atoms with Crippen LogP contribution in [0.2, 0.25) is 0 Å². The third kappa shape index (κ3) is 4.13. The quantitative estimate of drug-likeness (QED) is 0.466. The van der Waals surface area contributed by atoms with Gasteiger partial charge in [0.25, 0.3) is 0 Å². The molecule has 0 radical (unpaired) electrons. The van der Waals surface area contributed by atoms with E-state index in [0.717, 1.165) is 16.9 Å². The molecule has 0 saturated carbocycles. The topological polar surface area (TPSA) is 30.8 Å². The van der Waals surface area contributed by atoms with E-state index in [0.29, 0.717) is 8.58 Å². The SMILES string of the molecule is CN=Cc1ccccc1Pc1cccc(C)c1OCOC. The van der Waals surface area contributed by atoms with Crippen molar-refractivity contribution in [2.24, 2.45) is 4.99 Å². The normalized spacial score (nSPS) is 11.6. The lowest BCUT2D eigenvalue weighted by atomic mass is 10.2. The van der Waals surface area contributed by atoms with Gasteiger partial charge in [-0.05, 0) is 23.4 Å². The van der Waals surface area contributed by atoms with Gasteiger partial charge in [-0.2, -0.15) is 0 Å². The molecule has 2 aromatic rings. The first-order valence-corrected chi connectivity index (χ1v) is 7.76. The Kier molecular flexibility index (Phi) is 5.91. The van der Waals surface area contributed by atoms with Crippen LogP contribution in [0.4, 0.5) is 0 Å². The van der Waals surface area contributed by atoms with Crippen molar-refractivity contribution in [3.8, 4) is 5.75 Å². The van der Waals surface area contributed by atoms with E-state index in [1.807, 2.05) is 12.3 Å². The van der Waals surface area contributed by atoms with Gasteiger partial charge in [-0.3, -0.25) is 4.99 Å². The summed E-state index contributed by atoms with van der Waals surface area (Å²) in [6.07, 6.45) is 1.90. The highest BCUT2D eigenvalue weighted by molar-refractivity contribution is 7.56. The molecular weight excluding hydrogens is 281 g/mol. The molecule has 0 aliphatic heterocycles. The minimum atomic E-state index is 0.264. The molecule has 0 aromatic heterocycles. The van der Waals surface area contributed by atoms with E-state index in [2.05, 4.69) is 48.3 Å². The molecule has 0 heterocycles. The third-order valence-corrected chi connectivity index (χ3v) is 4.42. The molecule has 110 valence electrons. The minimum Gasteiger partial charge on any atom is -0.467 e. The van der Waals surface area contributed by atoms with Crippen molar-refractivity contribution in [2.45, 2.75) is 6.92 Å². The second-order valence-electron chi connectivity index (χ2n) is 4.60. The minimum absolute atomic E-state index is 0.264. The van der Waals surface area contributed by atoms with Crippen molar-refractivity contribution in [1.29, 1.82) is 0 Å². The maximum atomic E-state index is 5.74. The van der Waals surface area contributed by atoms with E-state index in [4.69, 9.17) is 9.47 Å². The van der Waals surface area contributed by atoms with Gasteiger partial charge < -0.3 is 9.47 Å². The Morgan fingerprint density at radius 2 is 1.86 bits per heavy atom. The standard InChI is InChI=1S/C17H20NO2P/c1-13-7-6-10-16(17(13)20-12-19-3)21-15-9-5-4-8-14(15)11-18-2/h4-11,21H,12H2,1-3H3. The molecule has 0 aliphatic rings. The molecule has 0 aliphatic carbocycles. The lowest BCUT2D eigenvalue weighted by Crippen LogP contribution is -2.13. The number of methoxy groups -OCH3 is 1. The monoisotopic (exact) mass is 301 g/mol. The molecule has 3 nitrogen and oxygen atoms in total. The number of benzene rings is 2. The number of hydrogen-bond acceptors (Lipinski definition) is 3. The molecule has 21 heavy (non-hydrogen) atoms. The molecule has 2 rings (SSSR count). The lowest BCUT2D eigenvalue weighted by molar-refractivity contribution is 0.0514. The second kappa shape index (κ2) is 7.92. The summed E-state index contributed by atoms with van der Waals surface area (Å²) < 4.78 is 10.8. The Hall–Kier alpha value is -1.70. The summed E-state index contributed by atoms with van der Waals surface area (Å²) in [5, 5.41) is 2.44. The number of nitrogens with zero attached hydrogens (tertiary/aromatic N) is 1. The van der Waals surface area contributed by atoms with E-state index < -0.39 is 0 Å². The van der Waals surface area contributed by atoms with Gasteiger partial charge in [0.1, 0.15) is 5.75 Å². The van der Waals surface area contributed by atoms with Gasteiger partial charge in [-0.15, -0.1) is 0 Å². The fourth-order valence-corrected chi connectivity index (χ4v) is 3.39. The summed E-state index contributed by atoms with van der Waals surface area (Å²) in [5.74, 6) is 0.918. The number of para-hydroxylation sites is 1. The zero-order valence-electron chi connectivity index (χ0n) is 12.6. The Morgan fingerprint density at radius 3 is 2.62 bits per heavy atom. The van der Waals surface area contributed by atoms with Gasteiger partial charge in [0.05, 0.1) is 0 Å². The summed E-state index contributed by atoms with van der Waals surface area (Å²) in [5.41, 5.74) is 2.27. The van der Waals surface area contributed by atoms with Crippen LogP contribution in [0.3, 0.4) is 0 Å². The largest absolute Gasteiger partial charge is 0.467 e. The number of aliphatic imine (C=N–C) groups is 1. The predicted molar refractivity (Wildman–Crippen MR) is 91.2 cm³/mol. The lowest BCUT2D eigenvalue weighted by Gasteiger charge is -2.14. The van der Waals surface area contributed by atoms with Crippen molar-refractivity contribution in [3.05, 3.63) is 53.6 Å². The molecule has 0 saturated heterocycles. The van der Waals surface area contributed by atoms with Crippen LogP contribution in [0.5, 0.6) is 5.75 Å². The Morgan fingerprint density at radius 1 is 1.10 bits per heavy atom. The van der Waals surface area contributed by atoms with E-state index in [9.17, 15) is 0 Å². The van der Waals surface area contributed by atoms with E-state index in [-0.39, 0.29) is 6.79 Å². The third-order valence-electron chi connectivity index (χ3n) is 3.03. The predicted octanol–water partition coefficient (Wildman–Crippen LogP) is 2.66. The molecule has 0 N–H and O–H groups in total. The zero-order valence-corrected chi connectivity index (χ0v) is 13.6. The number of aryl methyl sites for hydroxylation is 1. The first kappa shape index (κ1) is 15.7. The van der Waals surface area contributed by atoms with Gasteiger partial charge in [-0.25, -0.2) is 0 Å².